The number of likely N-dealkylation sites (N-methyl/N-ethyl adjacent to an activating group) is 1. The minimum atomic E-state index is 0.746. The fraction of sp³-hybridized carbons (Fsp3) is 0.500. The Balaban J connectivity index is 1.64. The van der Waals surface area contributed by atoms with Gasteiger partial charge in [0.25, 0.3) is 0 Å². The Bertz CT molecular complexity index is 479. The second kappa shape index (κ2) is 5.14. The Morgan fingerprint density at radius 1 is 1.42 bits per heavy atom. The van der Waals surface area contributed by atoms with Crippen molar-refractivity contribution in [3.63, 3.8) is 0 Å². The maximum Gasteiger partial charge on any atom is 0.0500 e. The molecule has 3 aliphatic rings. The van der Waals surface area contributed by atoms with Gasteiger partial charge in [0.2, 0.25) is 0 Å². The van der Waals surface area contributed by atoms with Crippen molar-refractivity contribution in [2.24, 2.45) is 0 Å². The van der Waals surface area contributed by atoms with Crippen molar-refractivity contribution in [1.82, 2.24) is 9.80 Å². The highest BCUT2D eigenvalue weighted by molar-refractivity contribution is 7.13. The third-order valence-electron chi connectivity index (χ3n) is 4.48. The molecule has 3 saturated heterocycles. The summed E-state index contributed by atoms with van der Waals surface area (Å²) in [6.07, 6.45) is 5.53. The van der Waals surface area contributed by atoms with Crippen LogP contribution in [-0.2, 0) is 6.42 Å². The number of hydrogen-bond donors (Lipinski definition) is 0. The fourth-order valence-electron chi connectivity index (χ4n) is 3.08. The SMILES string of the molecule is C=CCCc1ccc(C(=C)N2CC3CC(C2)N3C)s1. The van der Waals surface area contributed by atoms with Gasteiger partial charge in [-0.2, -0.15) is 0 Å². The molecule has 2 bridgehead atoms. The van der Waals surface area contributed by atoms with Gasteiger partial charge in [-0.3, -0.25) is 4.90 Å². The van der Waals surface area contributed by atoms with Crippen molar-refractivity contribution in [3.8, 4) is 0 Å². The minimum Gasteiger partial charge on any atom is -0.368 e. The van der Waals surface area contributed by atoms with Gasteiger partial charge in [-0.25, -0.2) is 0 Å². The highest BCUT2D eigenvalue weighted by Gasteiger charge is 2.42. The molecule has 4 heterocycles. The number of hydrogen-bond acceptors (Lipinski definition) is 3. The standard InChI is InChI=1S/C16H22N2S/c1-4-5-6-15-7-8-16(19-15)12(2)18-10-13-9-14(11-18)17(13)3/h4,7-8,13-14H,1-2,5-6,9-11H2,3H3. The molecule has 1 aromatic rings. The first kappa shape index (κ1) is 12.9. The van der Waals surface area contributed by atoms with E-state index in [-0.39, 0.29) is 0 Å². The fourth-order valence-corrected chi connectivity index (χ4v) is 4.11. The lowest BCUT2D eigenvalue weighted by molar-refractivity contribution is -0.0292. The first-order valence-electron chi connectivity index (χ1n) is 7.05. The molecule has 0 N–H and O–H groups in total. The molecule has 102 valence electrons. The van der Waals surface area contributed by atoms with E-state index in [1.54, 1.807) is 0 Å². The van der Waals surface area contributed by atoms with Crippen LogP contribution in [0.3, 0.4) is 0 Å². The molecule has 0 amide bonds. The van der Waals surface area contributed by atoms with Gasteiger partial charge in [-0.1, -0.05) is 12.7 Å². The van der Waals surface area contributed by atoms with E-state index in [9.17, 15) is 0 Å². The van der Waals surface area contributed by atoms with Crippen LogP contribution in [0.4, 0.5) is 0 Å². The summed E-state index contributed by atoms with van der Waals surface area (Å²) in [5.74, 6) is 0. The molecule has 1 aromatic heterocycles. The monoisotopic (exact) mass is 274 g/mol. The van der Waals surface area contributed by atoms with Crippen LogP contribution >= 0.6 is 11.3 Å². The highest BCUT2D eigenvalue weighted by Crippen LogP contribution is 2.35. The van der Waals surface area contributed by atoms with Crippen LogP contribution in [0.5, 0.6) is 0 Å². The minimum absolute atomic E-state index is 0.746. The molecule has 2 atom stereocenters. The van der Waals surface area contributed by atoms with Gasteiger partial charge in [0.1, 0.15) is 0 Å². The molecule has 19 heavy (non-hydrogen) atoms. The summed E-state index contributed by atoms with van der Waals surface area (Å²) in [5, 5.41) is 0. The zero-order chi connectivity index (χ0) is 13.4. The quantitative estimate of drug-likeness (QED) is 0.761. The second-order valence-corrected chi connectivity index (χ2v) is 6.82. The molecular weight excluding hydrogens is 252 g/mol. The molecule has 0 radical (unpaired) electrons. The summed E-state index contributed by atoms with van der Waals surface area (Å²) in [7, 11) is 2.25. The zero-order valence-corrected chi connectivity index (χ0v) is 12.5. The number of thiophene rings is 1. The summed E-state index contributed by atoms with van der Waals surface area (Å²) >= 11 is 1.89. The van der Waals surface area contributed by atoms with Crippen molar-refractivity contribution >= 4 is 17.0 Å². The van der Waals surface area contributed by atoms with Crippen LogP contribution in [0.15, 0.2) is 31.4 Å². The molecule has 0 spiro atoms. The van der Waals surface area contributed by atoms with E-state index in [0.717, 1.165) is 38.0 Å². The normalized spacial score (nSPS) is 26.1. The van der Waals surface area contributed by atoms with E-state index in [2.05, 4.69) is 42.1 Å². The van der Waals surface area contributed by atoms with Gasteiger partial charge in [0, 0.05) is 35.7 Å². The molecule has 0 aliphatic carbocycles. The van der Waals surface area contributed by atoms with Crippen molar-refractivity contribution in [1.29, 1.82) is 0 Å². The van der Waals surface area contributed by atoms with E-state index < -0.39 is 0 Å². The lowest BCUT2D eigenvalue weighted by atomic mass is 9.88. The van der Waals surface area contributed by atoms with Crippen LogP contribution in [-0.4, -0.2) is 42.0 Å². The molecule has 2 nitrogen and oxygen atoms in total. The summed E-state index contributed by atoms with van der Waals surface area (Å²) in [5.41, 5.74) is 1.22. The largest absolute Gasteiger partial charge is 0.368 e. The summed E-state index contributed by atoms with van der Waals surface area (Å²) in [6.45, 7) is 10.4. The Labute approximate surface area is 120 Å². The van der Waals surface area contributed by atoms with Gasteiger partial charge in [0.05, 0.1) is 4.88 Å². The molecule has 3 aliphatic heterocycles. The summed E-state index contributed by atoms with van der Waals surface area (Å²) in [6, 6.07) is 5.97. The van der Waals surface area contributed by atoms with Crippen molar-refractivity contribution in [2.75, 3.05) is 20.1 Å². The predicted molar refractivity (Wildman–Crippen MR) is 83.4 cm³/mol. The maximum atomic E-state index is 4.32. The second-order valence-electron chi connectivity index (χ2n) is 5.65. The molecule has 2 unspecified atom stereocenters. The lowest BCUT2D eigenvalue weighted by Gasteiger charge is -2.55. The molecule has 3 heteroatoms. The number of allylic oxidation sites excluding steroid dienone is 1. The smallest absolute Gasteiger partial charge is 0.0500 e. The summed E-state index contributed by atoms with van der Waals surface area (Å²) in [4.78, 5) is 7.76. The van der Waals surface area contributed by atoms with E-state index in [1.807, 2.05) is 17.4 Å². The molecule has 3 fully saturated rings. The maximum absolute atomic E-state index is 4.32. The number of piperazine rings is 1. The zero-order valence-electron chi connectivity index (χ0n) is 11.6. The van der Waals surface area contributed by atoms with Gasteiger partial charge in [0.15, 0.2) is 0 Å². The Hall–Kier alpha value is -1.06. The number of nitrogens with zero attached hydrogens (tertiary/aromatic N) is 2. The Morgan fingerprint density at radius 3 is 2.79 bits per heavy atom. The Kier molecular flexibility index (Phi) is 3.50. The molecule has 0 aromatic carbocycles. The van der Waals surface area contributed by atoms with Crippen LogP contribution in [0.25, 0.3) is 5.70 Å². The molecule has 0 saturated carbocycles. The van der Waals surface area contributed by atoms with Gasteiger partial charge in [-0.05, 0) is 38.4 Å². The van der Waals surface area contributed by atoms with Crippen LogP contribution in [0, 0.1) is 0 Å². The topological polar surface area (TPSA) is 6.48 Å². The lowest BCUT2D eigenvalue weighted by Crippen LogP contribution is -2.66. The third-order valence-corrected chi connectivity index (χ3v) is 5.68. The van der Waals surface area contributed by atoms with E-state index >= 15 is 0 Å². The average molecular weight is 274 g/mol. The predicted octanol–water partition coefficient (Wildman–Crippen LogP) is 3.23. The van der Waals surface area contributed by atoms with Gasteiger partial charge >= 0.3 is 0 Å². The van der Waals surface area contributed by atoms with Crippen LogP contribution < -0.4 is 0 Å². The van der Waals surface area contributed by atoms with Crippen molar-refractivity contribution in [2.45, 2.75) is 31.3 Å². The van der Waals surface area contributed by atoms with E-state index in [4.69, 9.17) is 0 Å². The number of fused-ring (bicyclic) bond motifs is 2. The van der Waals surface area contributed by atoms with Crippen LogP contribution in [0.1, 0.15) is 22.6 Å². The van der Waals surface area contributed by atoms with Crippen molar-refractivity contribution in [3.05, 3.63) is 41.1 Å². The number of rotatable bonds is 5. The van der Waals surface area contributed by atoms with Gasteiger partial charge < -0.3 is 4.90 Å². The average Bonchev–Trinajstić information content (AvgIpc) is 2.92. The van der Waals surface area contributed by atoms with Crippen molar-refractivity contribution < 1.29 is 0 Å². The highest BCUT2D eigenvalue weighted by atomic mass is 32.1. The Morgan fingerprint density at radius 2 is 2.16 bits per heavy atom. The van der Waals surface area contributed by atoms with Crippen LogP contribution in [0.2, 0.25) is 0 Å². The number of aryl methyl sites for hydroxylation is 1. The number of piperidine rings is 1. The first-order valence-corrected chi connectivity index (χ1v) is 7.86. The third kappa shape index (κ3) is 2.37. The molecular formula is C16H22N2S. The van der Waals surface area contributed by atoms with Gasteiger partial charge in [-0.15, -0.1) is 17.9 Å². The first-order chi connectivity index (χ1) is 9.19. The van der Waals surface area contributed by atoms with E-state index in [0.29, 0.717) is 0 Å². The molecule has 4 rings (SSSR count). The summed E-state index contributed by atoms with van der Waals surface area (Å²) < 4.78 is 0. The van der Waals surface area contributed by atoms with E-state index in [1.165, 1.54) is 21.9 Å².